The first kappa shape index (κ1) is 11.4. The summed E-state index contributed by atoms with van der Waals surface area (Å²) in [6.45, 7) is 0. The van der Waals surface area contributed by atoms with Gasteiger partial charge in [0.2, 0.25) is 11.8 Å². The summed E-state index contributed by atoms with van der Waals surface area (Å²) in [5, 5.41) is 9.16. The average Bonchev–Trinajstić information content (AvgIpc) is 3.13. The molecule has 4 rings (SSSR count). The van der Waals surface area contributed by atoms with Gasteiger partial charge >= 0.3 is 0 Å². The molecule has 2 fully saturated rings. The fourth-order valence-corrected chi connectivity index (χ4v) is 3.90. The van der Waals surface area contributed by atoms with Crippen LogP contribution in [-0.4, -0.2) is 11.8 Å². The van der Waals surface area contributed by atoms with Crippen molar-refractivity contribution in [2.45, 2.75) is 6.42 Å². The number of carbonyl (C=O) groups is 2. The van der Waals surface area contributed by atoms with Crippen LogP contribution in [0.5, 0.6) is 0 Å². The molecule has 4 heteroatoms. The summed E-state index contributed by atoms with van der Waals surface area (Å²) >= 11 is 0. The maximum absolute atomic E-state index is 12.6. The average molecular weight is 264 g/mol. The Bertz CT molecular complexity index is 671. The molecule has 1 heterocycles. The highest BCUT2D eigenvalue weighted by molar-refractivity contribution is 6.23. The lowest BCUT2D eigenvalue weighted by Crippen LogP contribution is -2.33. The van der Waals surface area contributed by atoms with E-state index in [0.717, 1.165) is 6.42 Å². The second-order valence-corrected chi connectivity index (χ2v) is 5.64. The molecule has 98 valence electrons. The zero-order chi connectivity index (χ0) is 13.9. The number of amides is 2. The van der Waals surface area contributed by atoms with Crippen LogP contribution in [0, 0.1) is 35.0 Å². The molecule has 1 aromatic rings. The molecule has 2 bridgehead atoms. The van der Waals surface area contributed by atoms with E-state index in [4.69, 9.17) is 5.26 Å². The van der Waals surface area contributed by atoms with Gasteiger partial charge in [-0.05, 0) is 30.4 Å². The van der Waals surface area contributed by atoms with Crippen molar-refractivity contribution < 1.29 is 9.59 Å². The van der Waals surface area contributed by atoms with Crippen molar-refractivity contribution in [3.63, 3.8) is 0 Å². The number of allylic oxidation sites excluding steroid dienone is 2. The first-order chi connectivity index (χ1) is 9.72. The Balaban J connectivity index is 1.81. The topological polar surface area (TPSA) is 61.2 Å². The van der Waals surface area contributed by atoms with Gasteiger partial charge < -0.3 is 0 Å². The highest BCUT2D eigenvalue weighted by Crippen LogP contribution is 2.53. The highest BCUT2D eigenvalue weighted by Gasteiger charge is 2.59. The van der Waals surface area contributed by atoms with Crippen LogP contribution in [0.15, 0.2) is 36.4 Å². The van der Waals surface area contributed by atoms with Crippen molar-refractivity contribution in [2.75, 3.05) is 4.90 Å². The Morgan fingerprint density at radius 2 is 1.65 bits per heavy atom. The van der Waals surface area contributed by atoms with E-state index in [1.807, 2.05) is 0 Å². The molecule has 1 saturated carbocycles. The molecule has 0 N–H and O–H groups in total. The van der Waals surface area contributed by atoms with E-state index in [9.17, 15) is 9.59 Å². The predicted octanol–water partition coefficient (Wildman–Crippen LogP) is 1.87. The van der Waals surface area contributed by atoms with Gasteiger partial charge in [0.05, 0.1) is 23.1 Å². The fourth-order valence-electron chi connectivity index (χ4n) is 3.90. The van der Waals surface area contributed by atoms with Crippen LogP contribution in [0.4, 0.5) is 5.69 Å². The van der Waals surface area contributed by atoms with Crippen molar-refractivity contribution in [3.8, 4) is 6.07 Å². The summed E-state index contributed by atoms with van der Waals surface area (Å²) in [6.07, 6.45) is 5.05. The van der Waals surface area contributed by atoms with Gasteiger partial charge in [-0.25, -0.2) is 4.90 Å². The van der Waals surface area contributed by atoms with Crippen LogP contribution in [-0.2, 0) is 9.59 Å². The second kappa shape index (κ2) is 3.80. The Hall–Kier alpha value is -2.41. The summed E-state index contributed by atoms with van der Waals surface area (Å²) in [5.41, 5.74) is 0.799. The van der Waals surface area contributed by atoms with Gasteiger partial charge in [-0.3, -0.25) is 9.59 Å². The smallest absolute Gasteiger partial charge is 0.238 e. The molecular weight excluding hydrogens is 252 g/mol. The number of fused-ring (bicyclic) bond motifs is 5. The van der Waals surface area contributed by atoms with E-state index in [0.29, 0.717) is 11.3 Å². The number of nitriles is 1. The van der Waals surface area contributed by atoms with Crippen LogP contribution in [0.25, 0.3) is 0 Å². The number of carbonyl (C=O) groups excluding carboxylic acids is 2. The number of imide groups is 1. The molecule has 1 saturated heterocycles. The third-order valence-electron chi connectivity index (χ3n) is 4.74. The van der Waals surface area contributed by atoms with Crippen LogP contribution >= 0.6 is 0 Å². The molecule has 4 nitrogen and oxygen atoms in total. The van der Waals surface area contributed by atoms with Crippen molar-refractivity contribution >= 4 is 17.5 Å². The summed E-state index contributed by atoms with van der Waals surface area (Å²) in [7, 11) is 0. The van der Waals surface area contributed by atoms with Crippen LogP contribution in [0.2, 0.25) is 0 Å². The molecular formula is C16H12N2O2. The number of rotatable bonds is 1. The minimum atomic E-state index is -0.218. The van der Waals surface area contributed by atoms with Crippen molar-refractivity contribution in [2.24, 2.45) is 23.7 Å². The standard InChI is InChI=1S/C16H12N2O2/c17-8-11-3-1-2-4-12(11)18-15(19)13-9-5-6-10(7-9)14(13)16(18)20/h1-6,9-10,13-14H,7H2/t9-,10-,13-,14+/m0/s1. The molecule has 4 atom stereocenters. The van der Waals surface area contributed by atoms with Crippen LogP contribution in [0.3, 0.4) is 0 Å². The Morgan fingerprint density at radius 3 is 2.25 bits per heavy atom. The molecule has 2 aliphatic carbocycles. The van der Waals surface area contributed by atoms with Gasteiger partial charge in [-0.1, -0.05) is 24.3 Å². The van der Waals surface area contributed by atoms with E-state index in [-0.39, 0.29) is 35.5 Å². The number of nitrogens with zero attached hydrogens (tertiary/aromatic N) is 2. The monoisotopic (exact) mass is 264 g/mol. The molecule has 2 amide bonds. The van der Waals surface area contributed by atoms with E-state index in [1.54, 1.807) is 24.3 Å². The van der Waals surface area contributed by atoms with Gasteiger partial charge in [-0.2, -0.15) is 5.26 Å². The lowest BCUT2D eigenvalue weighted by Gasteiger charge is -2.18. The summed E-state index contributed by atoms with van der Waals surface area (Å²) in [4.78, 5) is 26.5. The molecule has 1 aromatic carbocycles. The largest absolute Gasteiger partial charge is 0.274 e. The summed E-state index contributed by atoms with van der Waals surface area (Å²) in [6, 6.07) is 8.85. The van der Waals surface area contributed by atoms with Gasteiger partial charge in [0, 0.05) is 0 Å². The zero-order valence-electron chi connectivity index (χ0n) is 10.7. The Kier molecular flexibility index (Phi) is 2.17. The first-order valence-corrected chi connectivity index (χ1v) is 6.77. The minimum absolute atomic E-state index is 0.139. The predicted molar refractivity (Wildman–Crippen MR) is 71.4 cm³/mol. The maximum Gasteiger partial charge on any atom is 0.238 e. The van der Waals surface area contributed by atoms with Crippen molar-refractivity contribution in [3.05, 3.63) is 42.0 Å². The minimum Gasteiger partial charge on any atom is -0.274 e. The lowest BCUT2D eigenvalue weighted by molar-refractivity contribution is -0.123. The number of hydrogen-bond donors (Lipinski definition) is 0. The number of anilines is 1. The molecule has 20 heavy (non-hydrogen) atoms. The number of benzene rings is 1. The van der Waals surface area contributed by atoms with Gasteiger partial charge in [-0.15, -0.1) is 0 Å². The molecule has 3 aliphatic rings. The first-order valence-electron chi connectivity index (χ1n) is 6.77. The Morgan fingerprint density at radius 1 is 1.05 bits per heavy atom. The van der Waals surface area contributed by atoms with Gasteiger partial charge in [0.15, 0.2) is 0 Å². The van der Waals surface area contributed by atoms with Crippen LogP contribution < -0.4 is 4.90 Å². The molecule has 0 aromatic heterocycles. The van der Waals surface area contributed by atoms with E-state index in [2.05, 4.69) is 18.2 Å². The third kappa shape index (κ3) is 1.25. The van der Waals surface area contributed by atoms with Gasteiger partial charge in [0.1, 0.15) is 6.07 Å². The maximum atomic E-state index is 12.6. The fraction of sp³-hybridized carbons (Fsp3) is 0.312. The summed E-state index contributed by atoms with van der Waals surface area (Å²) < 4.78 is 0. The second-order valence-electron chi connectivity index (χ2n) is 5.64. The van der Waals surface area contributed by atoms with Gasteiger partial charge in [0.25, 0.3) is 0 Å². The normalized spacial score (nSPS) is 33.6. The molecule has 0 unspecified atom stereocenters. The number of hydrogen-bond acceptors (Lipinski definition) is 3. The van der Waals surface area contributed by atoms with Crippen LogP contribution in [0.1, 0.15) is 12.0 Å². The zero-order valence-corrected chi connectivity index (χ0v) is 10.7. The van der Waals surface area contributed by atoms with E-state index >= 15 is 0 Å². The summed E-state index contributed by atoms with van der Waals surface area (Å²) in [5.74, 6) is -0.325. The lowest BCUT2D eigenvalue weighted by atomic mass is 9.85. The SMILES string of the molecule is N#Cc1ccccc1N1C(=O)[C@@H]2[C@H](C1=O)[C@H]1C=C[C@H]2C1. The molecule has 0 radical (unpaired) electrons. The molecule has 1 aliphatic heterocycles. The molecule has 0 spiro atoms. The third-order valence-corrected chi connectivity index (χ3v) is 4.74. The van der Waals surface area contributed by atoms with Crippen molar-refractivity contribution in [1.29, 1.82) is 5.26 Å². The van der Waals surface area contributed by atoms with E-state index in [1.165, 1.54) is 4.90 Å². The Labute approximate surface area is 116 Å². The van der Waals surface area contributed by atoms with Crippen molar-refractivity contribution in [1.82, 2.24) is 0 Å². The quantitative estimate of drug-likeness (QED) is 0.574. The number of para-hydroxylation sites is 1. The highest BCUT2D eigenvalue weighted by atomic mass is 16.2. The van der Waals surface area contributed by atoms with E-state index < -0.39 is 0 Å².